The highest BCUT2D eigenvalue weighted by Crippen LogP contribution is 2.16. The summed E-state index contributed by atoms with van der Waals surface area (Å²) >= 11 is 0. The minimum Gasteiger partial charge on any atom is -0.478 e. The lowest BCUT2D eigenvalue weighted by Crippen LogP contribution is -2.25. The maximum Gasteiger partial charge on any atom is 0.328 e. The van der Waals surface area contributed by atoms with Crippen LogP contribution < -0.4 is 0 Å². The van der Waals surface area contributed by atoms with E-state index >= 15 is 0 Å². The lowest BCUT2D eigenvalue weighted by atomic mass is 10.2. The fourth-order valence-corrected chi connectivity index (χ4v) is 2.07. The average molecular weight is 352 g/mol. The molecule has 2 aromatic rings. The van der Waals surface area contributed by atoms with Gasteiger partial charge in [0.05, 0.1) is 6.61 Å². The highest BCUT2D eigenvalue weighted by atomic mass is 19.1. The fourth-order valence-electron chi connectivity index (χ4n) is 2.07. The van der Waals surface area contributed by atoms with Crippen molar-refractivity contribution in [2.24, 2.45) is 0 Å². The summed E-state index contributed by atoms with van der Waals surface area (Å²) in [5, 5.41) is 25.4. The van der Waals surface area contributed by atoms with Crippen molar-refractivity contribution in [1.29, 1.82) is 0 Å². The zero-order chi connectivity index (χ0) is 18.8. The topological polar surface area (TPSA) is 103 Å². The van der Waals surface area contributed by atoms with Crippen molar-refractivity contribution in [3.8, 4) is 0 Å². The number of likely N-dealkylation sites (N-methyl/N-ethyl adjacent to an activating group) is 1. The summed E-state index contributed by atoms with van der Waals surface area (Å²) in [7, 11) is 1.97. The Balaban J connectivity index is 0.000000333. The number of benzene rings is 1. The smallest absolute Gasteiger partial charge is 0.328 e. The number of aliphatic carboxylic acids is 2. The molecule has 3 N–H and O–H groups in total. The Morgan fingerprint density at radius 3 is 2.36 bits per heavy atom. The zero-order valence-electron chi connectivity index (χ0n) is 13.8. The number of hydrogen-bond acceptors (Lipinski definition) is 4. The Morgan fingerprint density at radius 2 is 1.80 bits per heavy atom. The van der Waals surface area contributed by atoms with Crippen LogP contribution in [0.1, 0.15) is 0 Å². The van der Waals surface area contributed by atoms with E-state index in [0.717, 1.165) is 24.0 Å². The second-order valence-corrected chi connectivity index (χ2v) is 5.25. The van der Waals surface area contributed by atoms with Gasteiger partial charge in [0, 0.05) is 48.9 Å². The van der Waals surface area contributed by atoms with Crippen molar-refractivity contribution in [3.05, 3.63) is 48.4 Å². The van der Waals surface area contributed by atoms with Crippen LogP contribution in [0.15, 0.2) is 42.6 Å². The van der Waals surface area contributed by atoms with Gasteiger partial charge in [-0.2, -0.15) is 0 Å². The number of carbonyl (C=O) groups is 2. The van der Waals surface area contributed by atoms with E-state index < -0.39 is 11.9 Å². The van der Waals surface area contributed by atoms with Crippen LogP contribution in [0.4, 0.5) is 4.39 Å². The van der Waals surface area contributed by atoms with Crippen LogP contribution in [0.25, 0.3) is 10.9 Å². The van der Waals surface area contributed by atoms with E-state index in [4.69, 9.17) is 15.3 Å². The predicted octanol–water partition coefficient (Wildman–Crippen LogP) is 1.42. The molecule has 8 heteroatoms. The molecule has 1 heterocycles. The summed E-state index contributed by atoms with van der Waals surface area (Å²) in [6.07, 6.45) is 3.08. The summed E-state index contributed by atoms with van der Waals surface area (Å²) in [6.45, 7) is 2.55. The highest BCUT2D eigenvalue weighted by molar-refractivity contribution is 5.89. The first kappa shape index (κ1) is 20.3. The Bertz CT molecular complexity index is 726. The third-order valence-corrected chi connectivity index (χ3v) is 3.31. The molecule has 0 radical (unpaired) electrons. The molecule has 1 aromatic carbocycles. The summed E-state index contributed by atoms with van der Waals surface area (Å²) in [6, 6.07) is 6.75. The SMILES string of the molecule is CN(CCO)CCn1ccc2cc(F)ccc21.O=C(O)/C=C/C(=O)O. The first-order valence-electron chi connectivity index (χ1n) is 7.51. The number of nitrogens with zero attached hydrogens (tertiary/aromatic N) is 2. The number of aromatic nitrogens is 1. The Hall–Kier alpha value is -2.71. The van der Waals surface area contributed by atoms with E-state index in [1.54, 1.807) is 12.1 Å². The van der Waals surface area contributed by atoms with Gasteiger partial charge < -0.3 is 24.8 Å². The first-order valence-corrected chi connectivity index (χ1v) is 7.51. The largest absolute Gasteiger partial charge is 0.478 e. The van der Waals surface area contributed by atoms with Crippen molar-refractivity contribution >= 4 is 22.8 Å². The van der Waals surface area contributed by atoms with Crippen molar-refractivity contribution in [1.82, 2.24) is 9.47 Å². The second-order valence-electron chi connectivity index (χ2n) is 5.25. The molecular weight excluding hydrogens is 331 g/mol. The van der Waals surface area contributed by atoms with Crippen molar-refractivity contribution in [2.45, 2.75) is 6.54 Å². The molecule has 0 aliphatic carbocycles. The summed E-state index contributed by atoms with van der Waals surface area (Å²) in [4.78, 5) is 21.2. The van der Waals surface area contributed by atoms with Crippen LogP contribution >= 0.6 is 0 Å². The third-order valence-electron chi connectivity index (χ3n) is 3.31. The molecule has 0 fully saturated rings. The first-order chi connectivity index (χ1) is 11.8. The molecule has 0 saturated heterocycles. The predicted molar refractivity (Wildman–Crippen MR) is 90.9 cm³/mol. The van der Waals surface area contributed by atoms with E-state index in [1.807, 2.05) is 19.3 Å². The van der Waals surface area contributed by atoms with Gasteiger partial charge in [0.25, 0.3) is 0 Å². The Kier molecular flexibility index (Phi) is 8.31. The van der Waals surface area contributed by atoms with Crippen LogP contribution in [-0.2, 0) is 16.1 Å². The number of carboxylic acids is 2. The summed E-state index contributed by atoms with van der Waals surface area (Å²) in [5.74, 6) is -2.72. The van der Waals surface area contributed by atoms with E-state index in [9.17, 15) is 14.0 Å². The number of aliphatic hydroxyl groups is 1. The minimum atomic E-state index is -1.26. The van der Waals surface area contributed by atoms with Crippen LogP contribution in [0, 0.1) is 5.82 Å². The van der Waals surface area contributed by atoms with Gasteiger partial charge in [0.15, 0.2) is 0 Å². The molecule has 1 aromatic heterocycles. The quantitative estimate of drug-likeness (QED) is 0.651. The average Bonchev–Trinajstić information content (AvgIpc) is 2.94. The van der Waals surface area contributed by atoms with Crippen LogP contribution in [0.5, 0.6) is 0 Å². The minimum absolute atomic E-state index is 0.175. The molecule has 0 aliphatic rings. The molecule has 25 heavy (non-hydrogen) atoms. The van der Waals surface area contributed by atoms with Crippen LogP contribution in [0.2, 0.25) is 0 Å². The van der Waals surface area contributed by atoms with Gasteiger partial charge in [0.1, 0.15) is 5.82 Å². The van der Waals surface area contributed by atoms with Gasteiger partial charge >= 0.3 is 11.9 Å². The van der Waals surface area contributed by atoms with Crippen LogP contribution in [-0.4, -0.2) is 63.5 Å². The number of hydrogen-bond donors (Lipinski definition) is 3. The van der Waals surface area contributed by atoms with Crippen molar-refractivity contribution in [2.75, 3.05) is 26.7 Å². The van der Waals surface area contributed by atoms with Gasteiger partial charge in [-0.3, -0.25) is 0 Å². The molecular formula is C17H21FN2O5. The number of aliphatic hydroxyl groups excluding tert-OH is 1. The molecule has 0 spiro atoms. The van der Waals surface area contributed by atoms with Crippen molar-refractivity contribution < 1.29 is 29.3 Å². The molecule has 7 nitrogen and oxygen atoms in total. The van der Waals surface area contributed by atoms with E-state index in [0.29, 0.717) is 18.7 Å². The van der Waals surface area contributed by atoms with Gasteiger partial charge in [-0.05, 0) is 31.3 Å². The number of carboxylic acid groups (broad SMARTS) is 2. The summed E-state index contributed by atoms with van der Waals surface area (Å²) < 4.78 is 15.1. The lowest BCUT2D eigenvalue weighted by Gasteiger charge is -2.15. The molecule has 136 valence electrons. The van der Waals surface area contributed by atoms with Gasteiger partial charge in [-0.1, -0.05) is 0 Å². The van der Waals surface area contributed by atoms with Crippen molar-refractivity contribution in [3.63, 3.8) is 0 Å². The number of rotatable bonds is 7. The molecule has 0 aliphatic heterocycles. The Morgan fingerprint density at radius 1 is 1.16 bits per heavy atom. The highest BCUT2D eigenvalue weighted by Gasteiger charge is 2.03. The molecule has 0 amide bonds. The number of fused-ring (bicyclic) bond motifs is 1. The van der Waals surface area contributed by atoms with E-state index in [2.05, 4.69) is 9.47 Å². The van der Waals surface area contributed by atoms with E-state index in [-0.39, 0.29) is 12.4 Å². The standard InChI is InChI=1S/C13H17FN2O.C4H4O4/c1-15(8-9-17)6-7-16-5-4-11-10-12(14)2-3-13(11)16;5-3(6)1-2-4(7)8/h2-5,10,17H,6-9H2,1H3;1-2H,(H,5,6)(H,7,8)/b;2-1+. The monoisotopic (exact) mass is 352 g/mol. The molecule has 0 atom stereocenters. The molecule has 0 bridgehead atoms. The van der Waals surface area contributed by atoms with Gasteiger partial charge in [-0.15, -0.1) is 0 Å². The Labute approximate surface area is 144 Å². The fraction of sp³-hybridized carbons (Fsp3) is 0.294. The maximum atomic E-state index is 13.0. The zero-order valence-corrected chi connectivity index (χ0v) is 13.8. The van der Waals surface area contributed by atoms with Gasteiger partial charge in [-0.25, -0.2) is 14.0 Å². The van der Waals surface area contributed by atoms with E-state index in [1.165, 1.54) is 6.07 Å². The maximum absolute atomic E-state index is 13.0. The normalized spacial score (nSPS) is 10.9. The number of halogens is 1. The second kappa shape index (κ2) is 10.2. The lowest BCUT2D eigenvalue weighted by molar-refractivity contribution is -0.134. The molecule has 2 rings (SSSR count). The van der Waals surface area contributed by atoms with Crippen LogP contribution in [0.3, 0.4) is 0 Å². The third kappa shape index (κ3) is 7.60. The van der Waals surface area contributed by atoms with Gasteiger partial charge in [0.2, 0.25) is 0 Å². The molecule has 0 saturated carbocycles. The summed E-state index contributed by atoms with van der Waals surface area (Å²) in [5.41, 5.74) is 1.05. The molecule has 0 unspecified atom stereocenters.